The number of methoxy groups -OCH3 is 1. The lowest BCUT2D eigenvalue weighted by Gasteiger charge is -2.12. The van der Waals surface area contributed by atoms with Crippen molar-refractivity contribution in [3.63, 3.8) is 0 Å². The predicted molar refractivity (Wildman–Crippen MR) is 88.5 cm³/mol. The van der Waals surface area contributed by atoms with Gasteiger partial charge in [-0.2, -0.15) is 5.26 Å². The summed E-state index contributed by atoms with van der Waals surface area (Å²) in [6.07, 6.45) is 0. The average molecular weight is 303 g/mol. The van der Waals surface area contributed by atoms with Crippen LogP contribution in [0.5, 0.6) is 5.75 Å². The van der Waals surface area contributed by atoms with Gasteiger partial charge in [-0.3, -0.25) is 0 Å². The molecule has 112 valence electrons. The molecule has 0 N–H and O–H groups in total. The number of rotatable bonds is 3. The molecule has 0 aliphatic heterocycles. The fourth-order valence-corrected chi connectivity index (χ4v) is 2.59. The van der Waals surface area contributed by atoms with Crippen molar-refractivity contribution in [2.75, 3.05) is 7.11 Å². The first-order valence-corrected chi connectivity index (χ1v) is 7.16. The Hall–Kier alpha value is -3.12. The van der Waals surface area contributed by atoms with E-state index in [-0.39, 0.29) is 5.82 Å². The molecule has 3 rings (SSSR count). The molecule has 0 heterocycles. The Labute approximate surface area is 134 Å². The maximum atomic E-state index is 14.5. The molecule has 23 heavy (non-hydrogen) atoms. The Balaban J connectivity index is 2.23. The minimum atomic E-state index is -0.307. The molecular formula is C20H14FNO. The van der Waals surface area contributed by atoms with Gasteiger partial charge in [0.2, 0.25) is 0 Å². The van der Waals surface area contributed by atoms with E-state index in [9.17, 15) is 4.39 Å². The van der Waals surface area contributed by atoms with Gasteiger partial charge < -0.3 is 4.74 Å². The molecule has 0 spiro atoms. The largest absolute Gasteiger partial charge is 0.497 e. The molecule has 3 heteroatoms. The van der Waals surface area contributed by atoms with E-state index in [1.807, 2.05) is 30.3 Å². The van der Waals surface area contributed by atoms with Crippen molar-refractivity contribution in [2.24, 2.45) is 0 Å². The van der Waals surface area contributed by atoms with Crippen LogP contribution in [0.25, 0.3) is 22.3 Å². The number of nitrogens with zero attached hydrogens (tertiary/aromatic N) is 1. The number of benzene rings is 3. The summed E-state index contributed by atoms with van der Waals surface area (Å²) in [7, 11) is 1.58. The molecule has 0 radical (unpaired) electrons. The number of hydrogen-bond acceptors (Lipinski definition) is 2. The fourth-order valence-electron chi connectivity index (χ4n) is 2.59. The standard InChI is InChI=1S/C20H14FNO/c1-23-17-8-3-7-16(12-17)20-18(9-4-10-19(20)21)15-6-2-5-14(11-15)13-22/h2-12H,1H3. The maximum absolute atomic E-state index is 14.5. The second-order valence-corrected chi connectivity index (χ2v) is 5.09. The van der Waals surface area contributed by atoms with Crippen molar-refractivity contribution in [2.45, 2.75) is 0 Å². The zero-order valence-electron chi connectivity index (χ0n) is 12.6. The highest BCUT2D eigenvalue weighted by molar-refractivity contribution is 5.84. The summed E-state index contributed by atoms with van der Waals surface area (Å²) in [4.78, 5) is 0. The molecule has 0 unspecified atom stereocenters. The second kappa shape index (κ2) is 6.33. The molecule has 0 saturated carbocycles. The number of nitriles is 1. The van der Waals surface area contributed by atoms with Crippen LogP contribution >= 0.6 is 0 Å². The zero-order valence-corrected chi connectivity index (χ0v) is 12.6. The molecule has 3 aromatic rings. The van der Waals surface area contributed by atoms with Gasteiger partial charge in [0, 0.05) is 5.56 Å². The Bertz CT molecular complexity index is 896. The molecule has 3 aromatic carbocycles. The van der Waals surface area contributed by atoms with E-state index >= 15 is 0 Å². The van der Waals surface area contributed by atoms with E-state index in [2.05, 4.69) is 6.07 Å². The average Bonchev–Trinajstić information content (AvgIpc) is 2.61. The van der Waals surface area contributed by atoms with E-state index in [4.69, 9.17) is 10.00 Å². The van der Waals surface area contributed by atoms with Crippen LogP contribution in [0.15, 0.2) is 66.7 Å². The maximum Gasteiger partial charge on any atom is 0.131 e. The van der Waals surface area contributed by atoms with Crippen LogP contribution in [-0.2, 0) is 0 Å². The van der Waals surface area contributed by atoms with Crippen LogP contribution in [-0.4, -0.2) is 7.11 Å². The first-order valence-electron chi connectivity index (χ1n) is 7.16. The van der Waals surface area contributed by atoms with Crippen molar-refractivity contribution >= 4 is 0 Å². The normalized spacial score (nSPS) is 10.1. The highest BCUT2D eigenvalue weighted by Gasteiger charge is 2.13. The summed E-state index contributed by atoms with van der Waals surface area (Å²) in [6.45, 7) is 0. The van der Waals surface area contributed by atoms with Gasteiger partial charge in [0.15, 0.2) is 0 Å². The Morgan fingerprint density at radius 1 is 0.913 bits per heavy atom. The second-order valence-electron chi connectivity index (χ2n) is 5.09. The Morgan fingerprint density at radius 2 is 1.65 bits per heavy atom. The predicted octanol–water partition coefficient (Wildman–Crippen LogP) is 5.04. The zero-order chi connectivity index (χ0) is 16.2. The fraction of sp³-hybridized carbons (Fsp3) is 0.0500. The van der Waals surface area contributed by atoms with Crippen molar-refractivity contribution in [1.29, 1.82) is 5.26 Å². The van der Waals surface area contributed by atoms with Crippen molar-refractivity contribution < 1.29 is 9.13 Å². The smallest absolute Gasteiger partial charge is 0.131 e. The molecule has 0 amide bonds. The van der Waals surface area contributed by atoms with E-state index in [1.165, 1.54) is 6.07 Å². The molecular weight excluding hydrogens is 289 g/mol. The van der Waals surface area contributed by atoms with E-state index in [0.717, 1.165) is 16.7 Å². The molecule has 0 atom stereocenters. The van der Waals surface area contributed by atoms with Gasteiger partial charge in [0.05, 0.1) is 18.7 Å². The molecule has 0 saturated heterocycles. The molecule has 0 aliphatic rings. The number of halogens is 1. The monoisotopic (exact) mass is 303 g/mol. The summed E-state index contributed by atoms with van der Waals surface area (Å²) in [6, 6.07) is 21.5. The number of ether oxygens (including phenoxy) is 1. The van der Waals surface area contributed by atoms with Gasteiger partial charge in [-0.1, -0.05) is 36.4 Å². The minimum Gasteiger partial charge on any atom is -0.497 e. The van der Waals surface area contributed by atoms with Crippen molar-refractivity contribution in [3.8, 4) is 34.1 Å². The van der Waals surface area contributed by atoms with Gasteiger partial charge >= 0.3 is 0 Å². The quantitative estimate of drug-likeness (QED) is 0.679. The lowest BCUT2D eigenvalue weighted by Crippen LogP contribution is -1.91. The van der Waals surface area contributed by atoms with Crippen LogP contribution in [0, 0.1) is 17.1 Å². The highest BCUT2D eigenvalue weighted by atomic mass is 19.1. The van der Waals surface area contributed by atoms with E-state index in [1.54, 1.807) is 37.4 Å². The van der Waals surface area contributed by atoms with Crippen LogP contribution in [0.3, 0.4) is 0 Å². The summed E-state index contributed by atoms with van der Waals surface area (Å²) < 4.78 is 19.8. The third-order valence-electron chi connectivity index (χ3n) is 3.67. The Kier molecular flexibility index (Phi) is 4.07. The number of hydrogen-bond donors (Lipinski definition) is 0. The lowest BCUT2D eigenvalue weighted by atomic mass is 9.93. The van der Waals surface area contributed by atoms with Crippen molar-refractivity contribution in [1.82, 2.24) is 0 Å². The first kappa shape index (κ1) is 14.8. The minimum absolute atomic E-state index is 0.307. The molecule has 0 fully saturated rings. The van der Waals surface area contributed by atoms with Gasteiger partial charge in [-0.25, -0.2) is 4.39 Å². The van der Waals surface area contributed by atoms with Crippen LogP contribution in [0.1, 0.15) is 5.56 Å². The van der Waals surface area contributed by atoms with Gasteiger partial charge in [0.1, 0.15) is 11.6 Å². The van der Waals surface area contributed by atoms with Gasteiger partial charge in [-0.05, 0) is 47.0 Å². The van der Waals surface area contributed by atoms with E-state index in [0.29, 0.717) is 16.9 Å². The highest BCUT2D eigenvalue weighted by Crippen LogP contribution is 2.35. The molecule has 0 aliphatic carbocycles. The third-order valence-corrected chi connectivity index (χ3v) is 3.67. The van der Waals surface area contributed by atoms with Crippen LogP contribution < -0.4 is 4.74 Å². The van der Waals surface area contributed by atoms with Gasteiger partial charge in [-0.15, -0.1) is 0 Å². The summed E-state index contributed by atoms with van der Waals surface area (Å²) in [5, 5.41) is 9.08. The van der Waals surface area contributed by atoms with E-state index < -0.39 is 0 Å². The first-order chi connectivity index (χ1) is 11.2. The summed E-state index contributed by atoms with van der Waals surface area (Å²) in [5.41, 5.74) is 3.33. The van der Waals surface area contributed by atoms with Crippen LogP contribution in [0.4, 0.5) is 4.39 Å². The molecule has 0 aromatic heterocycles. The summed E-state index contributed by atoms with van der Waals surface area (Å²) >= 11 is 0. The SMILES string of the molecule is COc1cccc(-c2c(F)cccc2-c2cccc(C#N)c2)c1. The van der Waals surface area contributed by atoms with Gasteiger partial charge in [0.25, 0.3) is 0 Å². The molecule has 2 nitrogen and oxygen atoms in total. The molecule has 0 bridgehead atoms. The lowest BCUT2D eigenvalue weighted by molar-refractivity contribution is 0.415. The summed E-state index contributed by atoms with van der Waals surface area (Å²) in [5.74, 6) is 0.362. The topological polar surface area (TPSA) is 33.0 Å². The Morgan fingerprint density at radius 3 is 2.43 bits per heavy atom. The van der Waals surface area contributed by atoms with Crippen molar-refractivity contribution in [3.05, 3.63) is 78.1 Å². The van der Waals surface area contributed by atoms with Crippen LogP contribution in [0.2, 0.25) is 0 Å². The third kappa shape index (κ3) is 2.93.